The third kappa shape index (κ3) is 4.85. The van der Waals surface area contributed by atoms with Crippen LogP contribution in [0, 0.1) is 0 Å². The zero-order chi connectivity index (χ0) is 19.2. The molecule has 3 aromatic rings. The number of nitrogens with zero attached hydrogens (tertiary/aromatic N) is 1. The topological polar surface area (TPSA) is 117 Å². The number of nitrogens with one attached hydrogen (secondary N) is 1. The maximum Gasteiger partial charge on any atom is 0.291 e. The largest absolute Gasteiger partial charge is 0.484 e. The van der Waals surface area contributed by atoms with E-state index >= 15 is 0 Å². The van der Waals surface area contributed by atoms with Gasteiger partial charge in [-0.2, -0.15) is 0 Å². The Labute approximate surface area is 154 Å². The van der Waals surface area contributed by atoms with Gasteiger partial charge < -0.3 is 24.8 Å². The molecular formula is C19H17N3O5. The molecule has 3 rings (SSSR count). The molecule has 0 saturated carbocycles. The van der Waals surface area contributed by atoms with Gasteiger partial charge in [0.2, 0.25) is 0 Å². The van der Waals surface area contributed by atoms with Crippen molar-refractivity contribution in [2.75, 3.05) is 11.9 Å². The van der Waals surface area contributed by atoms with Gasteiger partial charge in [0.1, 0.15) is 11.5 Å². The van der Waals surface area contributed by atoms with E-state index in [1.807, 2.05) is 0 Å². The summed E-state index contributed by atoms with van der Waals surface area (Å²) in [5.41, 5.74) is 5.39. The fourth-order valence-electron chi connectivity index (χ4n) is 2.33. The van der Waals surface area contributed by atoms with Crippen molar-refractivity contribution in [2.45, 2.75) is 6.54 Å². The van der Waals surface area contributed by atoms with Gasteiger partial charge in [0.25, 0.3) is 17.4 Å². The lowest BCUT2D eigenvalue weighted by Gasteiger charge is -2.06. The number of carbonyl (C=O) groups is 2. The Bertz CT molecular complexity index is 1000. The van der Waals surface area contributed by atoms with Crippen molar-refractivity contribution >= 4 is 17.5 Å². The average Bonchev–Trinajstić information content (AvgIpc) is 3.12. The number of amides is 2. The van der Waals surface area contributed by atoms with Crippen molar-refractivity contribution in [3.63, 3.8) is 0 Å². The van der Waals surface area contributed by atoms with Crippen molar-refractivity contribution in [1.29, 1.82) is 0 Å². The molecule has 0 atom stereocenters. The van der Waals surface area contributed by atoms with Gasteiger partial charge >= 0.3 is 0 Å². The number of primary amides is 1. The average molecular weight is 367 g/mol. The van der Waals surface area contributed by atoms with Gasteiger partial charge in [-0.3, -0.25) is 14.4 Å². The van der Waals surface area contributed by atoms with Gasteiger partial charge in [0.05, 0.1) is 6.54 Å². The van der Waals surface area contributed by atoms with E-state index in [4.69, 9.17) is 14.9 Å². The van der Waals surface area contributed by atoms with E-state index in [1.165, 1.54) is 10.6 Å². The van der Waals surface area contributed by atoms with E-state index in [0.717, 1.165) is 0 Å². The lowest BCUT2D eigenvalue weighted by atomic mass is 10.3. The normalized spacial score (nSPS) is 10.4. The number of ether oxygens (including phenoxy) is 1. The first-order valence-electron chi connectivity index (χ1n) is 8.08. The zero-order valence-electron chi connectivity index (χ0n) is 14.3. The predicted octanol–water partition coefficient (Wildman–Crippen LogP) is 1.61. The summed E-state index contributed by atoms with van der Waals surface area (Å²) in [6, 6.07) is 14.5. The minimum Gasteiger partial charge on any atom is -0.484 e. The number of furan rings is 1. The Balaban J connectivity index is 1.61. The van der Waals surface area contributed by atoms with Crippen LogP contribution >= 0.6 is 0 Å². The number of pyridine rings is 1. The van der Waals surface area contributed by atoms with Crippen LogP contribution in [0.25, 0.3) is 0 Å². The van der Waals surface area contributed by atoms with Crippen molar-refractivity contribution in [1.82, 2.24) is 4.57 Å². The number of aromatic nitrogens is 1. The monoisotopic (exact) mass is 367 g/mol. The van der Waals surface area contributed by atoms with Crippen LogP contribution in [0.2, 0.25) is 0 Å². The van der Waals surface area contributed by atoms with Crippen LogP contribution in [-0.4, -0.2) is 23.0 Å². The molecule has 138 valence electrons. The van der Waals surface area contributed by atoms with Crippen LogP contribution < -0.4 is 21.3 Å². The molecule has 0 radical (unpaired) electrons. The van der Waals surface area contributed by atoms with Gasteiger partial charge in [-0.15, -0.1) is 0 Å². The maximum absolute atomic E-state index is 12.3. The van der Waals surface area contributed by atoms with Crippen LogP contribution in [-0.2, 0) is 11.3 Å². The summed E-state index contributed by atoms with van der Waals surface area (Å²) >= 11 is 0. The van der Waals surface area contributed by atoms with Crippen LogP contribution in [0.4, 0.5) is 5.69 Å². The summed E-state index contributed by atoms with van der Waals surface area (Å²) in [5, 5.41) is 2.69. The number of hydrogen-bond donors (Lipinski definition) is 2. The number of anilines is 1. The van der Waals surface area contributed by atoms with Gasteiger partial charge in [0.15, 0.2) is 12.4 Å². The molecule has 0 aliphatic carbocycles. The Morgan fingerprint density at radius 3 is 2.56 bits per heavy atom. The standard InChI is InChI=1S/C19H17N3O5/c20-17(23)12-26-14-6-4-13(5-7-14)21-19(25)16-9-8-15(27-16)11-22-10-2-1-3-18(22)24/h1-10H,11-12H2,(H2,20,23)(H,21,25). The van der Waals surface area contributed by atoms with Crippen molar-refractivity contribution in [2.24, 2.45) is 5.73 Å². The van der Waals surface area contributed by atoms with Crippen molar-refractivity contribution in [3.8, 4) is 5.75 Å². The van der Waals surface area contributed by atoms with E-state index < -0.39 is 11.8 Å². The van der Waals surface area contributed by atoms with Crippen LogP contribution in [0.3, 0.4) is 0 Å². The molecule has 0 aliphatic rings. The summed E-state index contributed by atoms with van der Waals surface area (Å²) in [6.45, 7) is 0.0181. The van der Waals surface area contributed by atoms with E-state index in [0.29, 0.717) is 17.2 Å². The van der Waals surface area contributed by atoms with Crippen LogP contribution in [0.5, 0.6) is 5.75 Å². The first-order chi connectivity index (χ1) is 13.0. The molecule has 0 saturated heterocycles. The SMILES string of the molecule is NC(=O)COc1ccc(NC(=O)c2ccc(Cn3ccccc3=O)o2)cc1. The molecular weight excluding hydrogens is 350 g/mol. The van der Waals surface area contributed by atoms with Gasteiger partial charge in [-0.1, -0.05) is 6.07 Å². The number of carbonyl (C=O) groups excluding carboxylic acids is 2. The molecule has 1 aromatic carbocycles. The second-order valence-corrected chi connectivity index (χ2v) is 5.67. The van der Waals surface area contributed by atoms with E-state index in [2.05, 4.69) is 5.32 Å². The molecule has 0 spiro atoms. The highest BCUT2D eigenvalue weighted by atomic mass is 16.5. The molecule has 8 heteroatoms. The minimum absolute atomic E-state index is 0.128. The molecule has 2 amide bonds. The summed E-state index contributed by atoms with van der Waals surface area (Å²) < 4.78 is 12.1. The van der Waals surface area contributed by atoms with E-state index in [9.17, 15) is 14.4 Å². The highest BCUT2D eigenvalue weighted by molar-refractivity contribution is 6.02. The van der Waals surface area contributed by atoms with Crippen LogP contribution in [0.15, 0.2) is 70.0 Å². The fraction of sp³-hybridized carbons (Fsp3) is 0.105. The third-order valence-electron chi connectivity index (χ3n) is 3.60. The summed E-state index contributed by atoms with van der Waals surface area (Å²) in [5.74, 6) is 0.0818. The molecule has 27 heavy (non-hydrogen) atoms. The highest BCUT2D eigenvalue weighted by Gasteiger charge is 2.12. The van der Waals surface area contributed by atoms with E-state index in [-0.39, 0.29) is 24.5 Å². The Morgan fingerprint density at radius 2 is 1.85 bits per heavy atom. The first kappa shape index (κ1) is 18.0. The second-order valence-electron chi connectivity index (χ2n) is 5.67. The first-order valence-corrected chi connectivity index (χ1v) is 8.08. The predicted molar refractivity (Wildman–Crippen MR) is 97.6 cm³/mol. The minimum atomic E-state index is -0.571. The number of rotatable bonds is 7. The molecule has 2 aromatic heterocycles. The molecule has 8 nitrogen and oxygen atoms in total. The Morgan fingerprint density at radius 1 is 1.07 bits per heavy atom. The highest BCUT2D eigenvalue weighted by Crippen LogP contribution is 2.17. The molecule has 0 unspecified atom stereocenters. The van der Waals surface area contributed by atoms with Crippen molar-refractivity contribution in [3.05, 3.63) is 82.7 Å². The Hall–Kier alpha value is -3.81. The summed E-state index contributed by atoms with van der Waals surface area (Å²) in [6.07, 6.45) is 1.65. The van der Waals surface area contributed by atoms with Crippen molar-refractivity contribution < 1.29 is 18.7 Å². The molecule has 0 bridgehead atoms. The lowest BCUT2D eigenvalue weighted by Crippen LogP contribution is -2.20. The zero-order valence-corrected chi connectivity index (χ0v) is 14.3. The summed E-state index contributed by atoms with van der Waals surface area (Å²) in [7, 11) is 0. The third-order valence-corrected chi connectivity index (χ3v) is 3.60. The number of nitrogens with two attached hydrogens (primary N) is 1. The van der Waals surface area contributed by atoms with Gasteiger partial charge in [0, 0.05) is 18.0 Å². The van der Waals surface area contributed by atoms with Crippen LogP contribution in [0.1, 0.15) is 16.3 Å². The number of hydrogen-bond acceptors (Lipinski definition) is 5. The molecule has 2 heterocycles. The molecule has 0 aliphatic heterocycles. The van der Waals surface area contributed by atoms with E-state index in [1.54, 1.807) is 54.7 Å². The maximum atomic E-state index is 12.3. The number of benzene rings is 1. The summed E-state index contributed by atoms with van der Waals surface area (Å²) in [4.78, 5) is 34.7. The van der Waals surface area contributed by atoms with Gasteiger partial charge in [-0.05, 0) is 42.5 Å². The Kier molecular flexibility index (Phi) is 5.36. The second kappa shape index (κ2) is 8.05. The fourth-order valence-corrected chi connectivity index (χ4v) is 2.33. The van der Waals surface area contributed by atoms with Gasteiger partial charge in [-0.25, -0.2) is 0 Å². The lowest BCUT2D eigenvalue weighted by molar-refractivity contribution is -0.119. The smallest absolute Gasteiger partial charge is 0.291 e. The molecule has 0 fully saturated rings. The quantitative estimate of drug-likeness (QED) is 0.658. The molecule has 3 N–H and O–H groups in total.